The number of carbonyl (C=O) groups is 2. The van der Waals surface area contributed by atoms with Crippen LogP contribution in [0.5, 0.6) is 0 Å². The molecule has 1 aromatic rings. The molecule has 9 heteroatoms. The zero-order chi connectivity index (χ0) is 17.5. The highest BCUT2D eigenvalue weighted by molar-refractivity contribution is 8.26. The summed E-state index contributed by atoms with van der Waals surface area (Å²) in [6.07, 6.45) is 1.86. The Balaban J connectivity index is 1.96. The molecule has 2 bridgehead atoms. The second-order valence-corrected chi connectivity index (χ2v) is 10.7. The molecule has 0 N–H and O–H groups in total. The van der Waals surface area contributed by atoms with E-state index >= 15 is 0 Å². The highest BCUT2D eigenvalue weighted by Crippen LogP contribution is 2.71. The fourth-order valence-electron chi connectivity index (χ4n) is 4.00. The highest BCUT2D eigenvalue weighted by Gasteiger charge is 2.80. The highest BCUT2D eigenvalue weighted by atomic mass is 35.6. The first-order valence-electron chi connectivity index (χ1n) is 7.11. The van der Waals surface area contributed by atoms with Gasteiger partial charge in [0.05, 0.1) is 12.0 Å². The van der Waals surface area contributed by atoms with Crippen molar-refractivity contribution in [2.75, 3.05) is 18.2 Å². The van der Waals surface area contributed by atoms with Crippen molar-refractivity contribution in [1.82, 2.24) is 0 Å². The van der Waals surface area contributed by atoms with Gasteiger partial charge in [0.15, 0.2) is 4.27 Å². The summed E-state index contributed by atoms with van der Waals surface area (Å²) in [5, 5.41) is -0.394. The lowest BCUT2D eigenvalue weighted by molar-refractivity contribution is -0.147. The SMILES string of the molecule is CSC12OC(C(=O)C(Cl)(Cl)Cl)(C(=O)S1)[C@H]1[C@@H]2c2ccccc2N1C. The normalized spacial score (nSPS) is 36.9. The number of carbonyl (C=O) groups excluding carboxylic acids is 2. The van der Waals surface area contributed by atoms with E-state index in [0.29, 0.717) is 0 Å². The van der Waals surface area contributed by atoms with Gasteiger partial charge in [-0.3, -0.25) is 9.59 Å². The van der Waals surface area contributed by atoms with Crippen molar-refractivity contribution in [1.29, 1.82) is 0 Å². The molecule has 4 rings (SSSR count). The number of ether oxygens (including phenoxy) is 1. The molecule has 1 aromatic carbocycles. The monoisotopic (exact) mass is 423 g/mol. The Kier molecular flexibility index (Phi) is 3.76. The Bertz CT molecular complexity index is 771. The average Bonchev–Trinajstić information content (AvgIpc) is 3.11. The molecular formula is C15H12Cl3NO3S2. The van der Waals surface area contributed by atoms with Crippen LogP contribution >= 0.6 is 58.3 Å². The lowest BCUT2D eigenvalue weighted by Crippen LogP contribution is -2.61. The van der Waals surface area contributed by atoms with Crippen LogP contribution in [0.2, 0.25) is 0 Å². The summed E-state index contributed by atoms with van der Waals surface area (Å²) >= 11 is 20.0. The predicted octanol–water partition coefficient (Wildman–Crippen LogP) is 3.59. The number of thioether (sulfide) groups is 2. The molecule has 0 spiro atoms. The maximum atomic E-state index is 13.0. The zero-order valence-electron chi connectivity index (χ0n) is 12.6. The minimum Gasteiger partial charge on any atom is -0.367 e. The van der Waals surface area contributed by atoms with Crippen LogP contribution in [0, 0.1) is 0 Å². The molecule has 0 radical (unpaired) electrons. The Morgan fingerprint density at radius 1 is 1.38 bits per heavy atom. The van der Waals surface area contributed by atoms with Crippen molar-refractivity contribution in [3.8, 4) is 0 Å². The topological polar surface area (TPSA) is 46.6 Å². The molecule has 24 heavy (non-hydrogen) atoms. The van der Waals surface area contributed by atoms with E-state index < -0.39 is 30.6 Å². The number of para-hydroxylation sites is 1. The third-order valence-corrected chi connectivity index (χ3v) is 8.18. The number of benzene rings is 1. The molecule has 4 nitrogen and oxygen atoms in total. The second-order valence-electron chi connectivity index (χ2n) is 5.95. The number of alkyl halides is 3. The minimum absolute atomic E-state index is 0.173. The summed E-state index contributed by atoms with van der Waals surface area (Å²) in [5.74, 6) is -0.992. The van der Waals surface area contributed by atoms with E-state index in [1.54, 1.807) is 0 Å². The Hall–Kier alpha value is -0.110. The molecule has 2 fully saturated rings. The summed E-state index contributed by atoms with van der Waals surface area (Å²) < 4.78 is 3.00. The van der Waals surface area contributed by atoms with Crippen molar-refractivity contribution < 1.29 is 14.3 Å². The predicted molar refractivity (Wildman–Crippen MR) is 99.3 cm³/mol. The summed E-state index contributed by atoms with van der Waals surface area (Å²) in [7, 11) is 1.84. The van der Waals surface area contributed by atoms with Crippen LogP contribution in [0.3, 0.4) is 0 Å². The van der Waals surface area contributed by atoms with Gasteiger partial charge in [-0.2, -0.15) is 0 Å². The molecular weight excluding hydrogens is 413 g/mol. The molecule has 2 saturated heterocycles. The number of hydrogen-bond acceptors (Lipinski definition) is 6. The van der Waals surface area contributed by atoms with Crippen molar-refractivity contribution in [2.24, 2.45) is 0 Å². The van der Waals surface area contributed by atoms with Crippen LogP contribution in [-0.4, -0.2) is 43.9 Å². The Morgan fingerprint density at radius 2 is 2.04 bits per heavy atom. The van der Waals surface area contributed by atoms with Crippen molar-refractivity contribution in [2.45, 2.75) is 25.6 Å². The number of anilines is 1. The average molecular weight is 425 g/mol. The van der Waals surface area contributed by atoms with E-state index in [9.17, 15) is 9.59 Å². The molecule has 0 aromatic heterocycles. The Labute approximate surface area is 162 Å². The number of rotatable bonds is 2. The number of hydrogen-bond donors (Lipinski definition) is 0. The van der Waals surface area contributed by atoms with Gasteiger partial charge in [-0.05, 0) is 29.6 Å². The number of ketones is 1. The molecule has 3 heterocycles. The van der Waals surface area contributed by atoms with Gasteiger partial charge < -0.3 is 9.64 Å². The van der Waals surface area contributed by atoms with Gasteiger partial charge in [-0.15, -0.1) is 11.8 Å². The number of nitrogens with zero attached hydrogens (tertiary/aromatic N) is 1. The fourth-order valence-corrected chi connectivity index (χ4v) is 6.93. The van der Waals surface area contributed by atoms with Crippen LogP contribution in [-0.2, 0) is 14.3 Å². The van der Waals surface area contributed by atoms with E-state index in [2.05, 4.69) is 0 Å². The maximum Gasteiger partial charge on any atom is 0.252 e. The first-order chi connectivity index (χ1) is 11.2. The van der Waals surface area contributed by atoms with Gasteiger partial charge in [0.2, 0.25) is 16.5 Å². The van der Waals surface area contributed by atoms with Gasteiger partial charge in [-0.1, -0.05) is 53.0 Å². The van der Waals surface area contributed by atoms with E-state index in [-0.39, 0.29) is 5.92 Å². The molecule has 128 valence electrons. The second kappa shape index (κ2) is 5.21. The first kappa shape index (κ1) is 17.3. The van der Waals surface area contributed by atoms with Crippen LogP contribution < -0.4 is 4.90 Å². The van der Waals surface area contributed by atoms with Gasteiger partial charge in [0.1, 0.15) is 0 Å². The van der Waals surface area contributed by atoms with Gasteiger partial charge in [0, 0.05) is 12.7 Å². The van der Waals surface area contributed by atoms with E-state index in [4.69, 9.17) is 39.5 Å². The van der Waals surface area contributed by atoms with E-state index in [1.165, 1.54) is 11.8 Å². The summed E-state index contributed by atoms with van der Waals surface area (Å²) in [4.78, 5) is 27.7. The molecule has 3 aliphatic rings. The minimum atomic E-state index is -2.23. The van der Waals surface area contributed by atoms with Crippen LogP contribution in [0.15, 0.2) is 24.3 Å². The summed E-state index contributed by atoms with van der Waals surface area (Å²) in [5.41, 5.74) is 0.224. The summed E-state index contributed by atoms with van der Waals surface area (Å²) in [6.45, 7) is 0. The number of fused-ring (bicyclic) bond motifs is 7. The third kappa shape index (κ3) is 1.90. The molecule has 0 aliphatic carbocycles. The lowest BCUT2D eigenvalue weighted by Gasteiger charge is -2.36. The van der Waals surface area contributed by atoms with Gasteiger partial charge in [0.25, 0.3) is 3.79 Å². The number of Topliss-reactive ketones (excluding diaryl/α,β-unsaturated/α-hetero) is 1. The van der Waals surface area contributed by atoms with E-state index in [1.807, 2.05) is 42.5 Å². The summed E-state index contributed by atoms with van der Waals surface area (Å²) in [6, 6.07) is 7.29. The van der Waals surface area contributed by atoms with Crippen LogP contribution in [0.4, 0.5) is 5.69 Å². The lowest BCUT2D eigenvalue weighted by atomic mass is 9.84. The molecule has 0 saturated carbocycles. The number of halogens is 3. The molecule has 3 aliphatic heterocycles. The molecule has 2 unspecified atom stereocenters. The zero-order valence-corrected chi connectivity index (χ0v) is 16.5. The third-order valence-electron chi connectivity index (χ3n) is 4.90. The Morgan fingerprint density at radius 3 is 2.67 bits per heavy atom. The van der Waals surface area contributed by atoms with Crippen molar-refractivity contribution in [3.63, 3.8) is 0 Å². The largest absolute Gasteiger partial charge is 0.367 e. The molecule has 0 amide bonds. The van der Waals surface area contributed by atoms with Crippen molar-refractivity contribution >= 4 is 74.9 Å². The fraction of sp³-hybridized carbons (Fsp3) is 0.467. The smallest absolute Gasteiger partial charge is 0.252 e. The van der Waals surface area contributed by atoms with Crippen LogP contribution in [0.1, 0.15) is 11.5 Å². The number of likely N-dealkylation sites (N-methyl/N-ethyl adjacent to an activating group) is 1. The quantitative estimate of drug-likeness (QED) is 0.534. The first-order valence-corrected chi connectivity index (χ1v) is 10.3. The standard InChI is InChI=1S/C15H12Cl3NO3S2/c1-19-8-6-4-3-5-7(8)9-10(19)13(11(20)14(16,17)18)12(21)24-15(9,22-13)23-2/h3-6,9-10H,1-2H3/t9-,10+,13?,15?/m0/s1. The van der Waals surface area contributed by atoms with Gasteiger partial charge in [-0.25, -0.2) is 0 Å². The van der Waals surface area contributed by atoms with Crippen LogP contribution in [0.25, 0.3) is 0 Å². The molecule has 4 atom stereocenters. The van der Waals surface area contributed by atoms with Crippen molar-refractivity contribution in [3.05, 3.63) is 29.8 Å². The van der Waals surface area contributed by atoms with Gasteiger partial charge >= 0.3 is 0 Å². The van der Waals surface area contributed by atoms with E-state index in [0.717, 1.165) is 23.0 Å². The maximum absolute atomic E-state index is 13.0.